The summed E-state index contributed by atoms with van der Waals surface area (Å²) in [5, 5.41) is 17.4. The second-order valence-corrected chi connectivity index (χ2v) is 1.84. The van der Waals surface area contributed by atoms with E-state index in [0.29, 0.717) is 0 Å². The van der Waals surface area contributed by atoms with Crippen LogP contribution in [0.4, 0.5) is 0 Å². The summed E-state index contributed by atoms with van der Waals surface area (Å²) < 4.78 is 0. The van der Waals surface area contributed by atoms with Crippen LogP contribution in [0.2, 0.25) is 0 Å². The van der Waals surface area contributed by atoms with Crippen LogP contribution in [0.15, 0.2) is 11.1 Å². The van der Waals surface area contributed by atoms with Crippen LogP contribution in [0, 0.1) is 0 Å². The van der Waals surface area contributed by atoms with Crippen molar-refractivity contribution < 1.29 is 10.2 Å². The lowest BCUT2D eigenvalue weighted by atomic mass is 10.6. The summed E-state index contributed by atoms with van der Waals surface area (Å²) in [5.74, 6) is -0.285. The Balaban J connectivity index is 3.17. The highest BCUT2D eigenvalue weighted by Gasteiger charge is 1.95. The fourth-order valence-corrected chi connectivity index (χ4v) is 0.615. The van der Waals surface area contributed by atoms with Gasteiger partial charge in [-0.2, -0.15) is 9.97 Å². The lowest BCUT2D eigenvalue weighted by molar-refractivity contribution is 0.391. The molecule has 0 unspecified atom stereocenters. The average molecular weight is 144 g/mol. The molecule has 0 bridgehead atoms. The standard InChI is InChI=1S/C4H4N2O2S/c7-2-1-3(9)6-4(8)5-2/h1H,(H3,5,6,7,8,9). The van der Waals surface area contributed by atoms with E-state index >= 15 is 0 Å². The van der Waals surface area contributed by atoms with Crippen molar-refractivity contribution in [3.8, 4) is 11.9 Å². The molecule has 0 aliphatic carbocycles. The van der Waals surface area contributed by atoms with Crippen LogP contribution >= 0.6 is 12.6 Å². The van der Waals surface area contributed by atoms with Crippen molar-refractivity contribution in [3.63, 3.8) is 0 Å². The molecule has 1 aromatic heterocycles. The van der Waals surface area contributed by atoms with E-state index in [0.717, 1.165) is 0 Å². The summed E-state index contributed by atoms with van der Waals surface area (Å²) >= 11 is 3.75. The summed E-state index contributed by atoms with van der Waals surface area (Å²) in [6.45, 7) is 0. The number of hydrogen-bond acceptors (Lipinski definition) is 5. The Morgan fingerprint density at radius 1 is 1.33 bits per heavy atom. The molecule has 48 valence electrons. The van der Waals surface area contributed by atoms with E-state index in [-0.39, 0.29) is 10.9 Å². The quantitative estimate of drug-likeness (QED) is 0.359. The Hall–Kier alpha value is -0.970. The summed E-state index contributed by atoms with van der Waals surface area (Å²) in [4.78, 5) is 6.57. The van der Waals surface area contributed by atoms with E-state index in [1.54, 1.807) is 0 Å². The number of aromatic nitrogens is 2. The Kier molecular flexibility index (Phi) is 1.44. The molecule has 4 nitrogen and oxygen atoms in total. The third kappa shape index (κ3) is 1.46. The van der Waals surface area contributed by atoms with Crippen LogP contribution in [0.5, 0.6) is 11.9 Å². The van der Waals surface area contributed by atoms with Crippen molar-refractivity contribution in [2.75, 3.05) is 0 Å². The first kappa shape index (κ1) is 6.15. The maximum absolute atomic E-state index is 8.63. The van der Waals surface area contributed by atoms with Gasteiger partial charge in [-0.25, -0.2) is 0 Å². The number of aromatic hydroxyl groups is 2. The molecule has 0 aliphatic heterocycles. The van der Waals surface area contributed by atoms with Gasteiger partial charge >= 0.3 is 6.01 Å². The fourth-order valence-electron chi connectivity index (χ4n) is 0.410. The molecular formula is C4H4N2O2S. The highest BCUT2D eigenvalue weighted by atomic mass is 32.1. The molecule has 0 saturated carbocycles. The average Bonchev–Trinajstić information content (AvgIpc) is 1.59. The van der Waals surface area contributed by atoms with E-state index in [1.807, 2.05) is 0 Å². The Morgan fingerprint density at radius 2 is 2.00 bits per heavy atom. The van der Waals surface area contributed by atoms with Crippen molar-refractivity contribution in [2.24, 2.45) is 0 Å². The molecule has 0 atom stereocenters. The Labute approximate surface area is 56.6 Å². The van der Waals surface area contributed by atoms with Gasteiger partial charge in [-0.15, -0.1) is 12.6 Å². The first-order valence-corrected chi connectivity index (χ1v) is 2.59. The maximum atomic E-state index is 8.63. The molecule has 0 spiro atoms. The molecule has 0 radical (unpaired) electrons. The highest BCUT2D eigenvalue weighted by Crippen LogP contribution is 2.12. The predicted molar refractivity (Wildman–Crippen MR) is 32.6 cm³/mol. The van der Waals surface area contributed by atoms with E-state index in [1.165, 1.54) is 6.07 Å². The van der Waals surface area contributed by atoms with Crippen LogP contribution in [0.25, 0.3) is 0 Å². The first-order valence-electron chi connectivity index (χ1n) is 2.14. The van der Waals surface area contributed by atoms with Crippen molar-refractivity contribution in [3.05, 3.63) is 6.07 Å². The zero-order chi connectivity index (χ0) is 6.85. The molecule has 0 aromatic carbocycles. The Morgan fingerprint density at radius 3 is 2.44 bits per heavy atom. The van der Waals surface area contributed by atoms with E-state index in [2.05, 4.69) is 22.6 Å². The summed E-state index contributed by atoms with van der Waals surface area (Å²) in [6, 6.07) is 0.753. The van der Waals surface area contributed by atoms with Crippen LogP contribution in [0.3, 0.4) is 0 Å². The van der Waals surface area contributed by atoms with Gasteiger partial charge in [0.25, 0.3) is 0 Å². The number of nitrogens with zero attached hydrogens (tertiary/aromatic N) is 2. The number of rotatable bonds is 0. The zero-order valence-electron chi connectivity index (χ0n) is 4.31. The zero-order valence-corrected chi connectivity index (χ0v) is 5.21. The molecular weight excluding hydrogens is 140 g/mol. The molecule has 9 heavy (non-hydrogen) atoms. The number of hydrogen-bond donors (Lipinski definition) is 3. The van der Waals surface area contributed by atoms with Crippen LogP contribution in [0.1, 0.15) is 0 Å². The predicted octanol–water partition coefficient (Wildman–Crippen LogP) is 0.176. The largest absolute Gasteiger partial charge is 0.493 e. The first-order chi connectivity index (χ1) is 4.18. The SMILES string of the molecule is Oc1cc(S)nc(O)n1. The van der Waals surface area contributed by atoms with E-state index < -0.39 is 6.01 Å². The van der Waals surface area contributed by atoms with Gasteiger partial charge in [0.1, 0.15) is 5.03 Å². The molecule has 0 aliphatic rings. The van der Waals surface area contributed by atoms with Crippen molar-refractivity contribution >= 4 is 12.6 Å². The fraction of sp³-hybridized carbons (Fsp3) is 0. The second-order valence-electron chi connectivity index (χ2n) is 1.38. The van der Waals surface area contributed by atoms with Gasteiger partial charge in [0.2, 0.25) is 5.88 Å². The molecule has 2 N–H and O–H groups in total. The normalized spacial score (nSPS) is 9.44. The third-order valence-electron chi connectivity index (χ3n) is 0.687. The minimum Gasteiger partial charge on any atom is -0.493 e. The molecule has 1 rings (SSSR count). The van der Waals surface area contributed by atoms with Gasteiger partial charge in [-0.1, -0.05) is 0 Å². The van der Waals surface area contributed by atoms with Crippen molar-refractivity contribution in [1.82, 2.24) is 9.97 Å². The van der Waals surface area contributed by atoms with Crippen LogP contribution < -0.4 is 0 Å². The van der Waals surface area contributed by atoms with Crippen LogP contribution in [-0.2, 0) is 0 Å². The molecule has 5 heteroatoms. The van der Waals surface area contributed by atoms with Gasteiger partial charge in [0, 0.05) is 6.07 Å². The lowest BCUT2D eigenvalue weighted by Gasteiger charge is -1.91. The minimum atomic E-state index is -0.472. The summed E-state index contributed by atoms with van der Waals surface area (Å²) in [7, 11) is 0. The smallest absolute Gasteiger partial charge is 0.318 e. The van der Waals surface area contributed by atoms with E-state index in [9.17, 15) is 0 Å². The van der Waals surface area contributed by atoms with Crippen LogP contribution in [-0.4, -0.2) is 20.2 Å². The maximum Gasteiger partial charge on any atom is 0.318 e. The highest BCUT2D eigenvalue weighted by molar-refractivity contribution is 7.80. The van der Waals surface area contributed by atoms with Gasteiger partial charge in [0.05, 0.1) is 0 Å². The Bertz CT molecular complexity index is 177. The van der Waals surface area contributed by atoms with Gasteiger partial charge < -0.3 is 10.2 Å². The van der Waals surface area contributed by atoms with E-state index in [4.69, 9.17) is 10.2 Å². The van der Waals surface area contributed by atoms with Gasteiger partial charge in [0.15, 0.2) is 0 Å². The molecule has 0 saturated heterocycles. The third-order valence-corrected chi connectivity index (χ3v) is 0.916. The molecule has 0 fully saturated rings. The number of thiol groups is 1. The lowest BCUT2D eigenvalue weighted by Crippen LogP contribution is -1.81. The van der Waals surface area contributed by atoms with Crippen molar-refractivity contribution in [2.45, 2.75) is 5.03 Å². The second kappa shape index (κ2) is 2.10. The minimum absolute atomic E-state index is 0.236. The van der Waals surface area contributed by atoms with Gasteiger partial charge in [-0.3, -0.25) is 0 Å². The van der Waals surface area contributed by atoms with Crippen molar-refractivity contribution in [1.29, 1.82) is 0 Å². The topological polar surface area (TPSA) is 66.2 Å². The summed E-state index contributed by atoms with van der Waals surface area (Å²) in [5.41, 5.74) is 0. The van der Waals surface area contributed by atoms with Gasteiger partial charge in [-0.05, 0) is 0 Å². The molecule has 1 aromatic rings. The molecule has 0 amide bonds. The monoisotopic (exact) mass is 144 g/mol. The summed E-state index contributed by atoms with van der Waals surface area (Å²) in [6.07, 6.45) is 0. The molecule has 1 heterocycles.